The highest BCUT2D eigenvalue weighted by Gasteiger charge is 2.34. The van der Waals surface area contributed by atoms with Crippen LogP contribution in [-0.2, 0) is 22.1 Å². The van der Waals surface area contributed by atoms with Crippen LogP contribution in [0.3, 0.4) is 0 Å². The molecule has 1 atom stereocenters. The molecule has 0 unspecified atom stereocenters. The molecule has 0 heterocycles. The number of benzene rings is 2. The van der Waals surface area contributed by atoms with Crippen molar-refractivity contribution in [2.45, 2.75) is 57.8 Å². The van der Waals surface area contributed by atoms with Gasteiger partial charge in [0.1, 0.15) is 17.6 Å². The van der Waals surface area contributed by atoms with Crippen molar-refractivity contribution in [2.24, 2.45) is 0 Å². The first-order valence-corrected chi connectivity index (χ1v) is 13.0. The van der Waals surface area contributed by atoms with Crippen LogP contribution < -0.4 is 9.47 Å². The minimum Gasteiger partial charge on any atom is -0.497 e. The van der Waals surface area contributed by atoms with Crippen molar-refractivity contribution >= 4 is 14.1 Å². The number of hydrogen-bond acceptors (Lipinski definition) is 4. The van der Waals surface area contributed by atoms with E-state index in [2.05, 4.69) is 20.8 Å². The van der Waals surface area contributed by atoms with Crippen LogP contribution in [-0.4, -0.2) is 34.4 Å². The van der Waals surface area contributed by atoms with Gasteiger partial charge in [-0.15, -0.1) is 0 Å². The highest BCUT2D eigenvalue weighted by Crippen LogP contribution is 2.26. The summed E-state index contributed by atoms with van der Waals surface area (Å²) in [5.41, 5.74) is 2.07. The molecule has 0 saturated carbocycles. The van der Waals surface area contributed by atoms with Crippen LogP contribution in [0, 0.1) is 0 Å². The summed E-state index contributed by atoms with van der Waals surface area (Å²) in [6.07, 6.45) is 0.539. The highest BCUT2D eigenvalue weighted by atomic mass is 28.4. The molecule has 0 saturated heterocycles. The molecule has 158 valence electrons. The third-order valence-electron chi connectivity index (χ3n) is 5.80. The summed E-state index contributed by atoms with van der Waals surface area (Å²) in [6, 6.07) is 18.7. The minimum atomic E-state index is -1.91. The van der Waals surface area contributed by atoms with Gasteiger partial charge < -0.3 is 13.9 Å². The predicted molar refractivity (Wildman–Crippen MR) is 120 cm³/mol. The standard InChI is InChI=1S/C24H34O4Si/c1-6-29(7-2,8-3)28-24(18-20-11-15-22(27-5)16-12-20)23(25)17-19-9-13-21(26-4)14-10-19/h9-16,24H,6-8,17-18H2,1-5H3/t24-/m0/s1. The smallest absolute Gasteiger partial charge is 0.193 e. The van der Waals surface area contributed by atoms with Crippen molar-refractivity contribution < 1.29 is 18.7 Å². The second-order valence-corrected chi connectivity index (χ2v) is 12.1. The summed E-state index contributed by atoms with van der Waals surface area (Å²) < 4.78 is 17.1. The molecule has 0 aromatic heterocycles. The summed E-state index contributed by atoms with van der Waals surface area (Å²) >= 11 is 0. The maximum atomic E-state index is 13.3. The van der Waals surface area contributed by atoms with E-state index in [0.29, 0.717) is 12.8 Å². The first-order chi connectivity index (χ1) is 14.0. The fraction of sp³-hybridized carbons (Fsp3) is 0.458. The van der Waals surface area contributed by atoms with Crippen LogP contribution >= 0.6 is 0 Å². The largest absolute Gasteiger partial charge is 0.497 e. The van der Waals surface area contributed by atoms with E-state index in [-0.39, 0.29) is 5.78 Å². The van der Waals surface area contributed by atoms with Crippen LogP contribution in [0.15, 0.2) is 48.5 Å². The van der Waals surface area contributed by atoms with E-state index in [0.717, 1.165) is 40.8 Å². The normalized spacial score (nSPS) is 12.4. The zero-order valence-electron chi connectivity index (χ0n) is 18.4. The molecule has 0 spiro atoms. The molecule has 0 aliphatic carbocycles. The van der Waals surface area contributed by atoms with Gasteiger partial charge in [-0.1, -0.05) is 45.0 Å². The molecule has 5 heteroatoms. The van der Waals surface area contributed by atoms with Crippen molar-refractivity contribution in [3.63, 3.8) is 0 Å². The van der Waals surface area contributed by atoms with E-state index in [4.69, 9.17) is 13.9 Å². The number of carbonyl (C=O) groups is 1. The van der Waals surface area contributed by atoms with Gasteiger partial charge in [-0.25, -0.2) is 0 Å². The van der Waals surface area contributed by atoms with Gasteiger partial charge in [0.15, 0.2) is 14.1 Å². The lowest BCUT2D eigenvalue weighted by atomic mass is 10.00. The second kappa shape index (κ2) is 11.2. The van der Waals surface area contributed by atoms with Crippen molar-refractivity contribution in [1.29, 1.82) is 0 Å². The average molecular weight is 415 g/mol. The summed E-state index contributed by atoms with van der Waals surface area (Å²) in [7, 11) is 1.39. The lowest BCUT2D eigenvalue weighted by molar-refractivity contribution is -0.125. The Morgan fingerprint density at radius 2 is 1.24 bits per heavy atom. The summed E-state index contributed by atoms with van der Waals surface area (Å²) in [5.74, 6) is 1.75. The molecular weight excluding hydrogens is 380 g/mol. The van der Waals surface area contributed by atoms with Gasteiger partial charge in [0.25, 0.3) is 0 Å². The van der Waals surface area contributed by atoms with Crippen molar-refractivity contribution in [3.05, 3.63) is 59.7 Å². The van der Waals surface area contributed by atoms with Gasteiger partial charge in [-0.05, 0) is 53.5 Å². The number of ketones is 1. The van der Waals surface area contributed by atoms with Crippen molar-refractivity contribution in [2.75, 3.05) is 14.2 Å². The number of Topliss-reactive ketones (excluding diaryl/α,β-unsaturated/α-hetero) is 1. The Bertz CT molecular complexity index is 743. The first-order valence-electron chi connectivity index (χ1n) is 10.5. The molecule has 0 bridgehead atoms. The van der Waals surface area contributed by atoms with Crippen LogP contribution in [0.5, 0.6) is 11.5 Å². The van der Waals surface area contributed by atoms with E-state index in [1.807, 2.05) is 48.5 Å². The van der Waals surface area contributed by atoms with E-state index in [1.54, 1.807) is 14.2 Å². The Kier molecular flexibility index (Phi) is 8.92. The maximum absolute atomic E-state index is 13.3. The Morgan fingerprint density at radius 1 is 0.793 bits per heavy atom. The highest BCUT2D eigenvalue weighted by molar-refractivity contribution is 6.73. The summed E-state index contributed by atoms with van der Waals surface area (Å²) in [6.45, 7) is 6.58. The molecule has 0 N–H and O–H groups in total. The molecule has 2 rings (SSSR count). The predicted octanol–water partition coefficient (Wildman–Crippen LogP) is 5.45. The van der Waals surface area contributed by atoms with Crippen molar-refractivity contribution in [1.82, 2.24) is 0 Å². The van der Waals surface area contributed by atoms with Gasteiger partial charge >= 0.3 is 0 Å². The third-order valence-corrected chi connectivity index (χ3v) is 10.5. The molecule has 0 aliphatic rings. The Hall–Kier alpha value is -2.11. The molecule has 0 radical (unpaired) electrons. The zero-order valence-corrected chi connectivity index (χ0v) is 19.4. The minimum absolute atomic E-state index is 0.137. The molecule has 0 amide bonds. The average Bonchev–Trinajstić information content (AvgIpc) is 2.77. The number of rotatable bonds is 12. The van der Waals surface area contributed by atoms with E-state index >= 15 is 0 Å². The van der Waals surface area contributed by atoms with E-state index in [9.17, 15) is 4.79 Å². The second-order valence-electron chi connectivity index (χ2n) is 7.39. The number of hydrogen-bond donors (Lipinski definition) is 0. The monoisotopic (exact) mass is 414 g/mol. The van der Waals surface area contributed by atoms with Gasteiger partial charge in [-0.2, -0.15) is 0 Å². The van der Waals surface area contributed by atoms with Crippen LogP contribution in [0.1, 0.15) is 31.9 Å². The summed E-state index contributed by atoms with van der Waals surface area (Å²) in [4.78, 5) is 13.3. The molecule has 2 aromatic carbocycles. The topological polar surface area (TPSA) is 44.8 Å². The van der Waals surface area contributed by atoms with Crippen LogP contribution in [0.2, 0.25) is 18.1 Å². The first kappa shape index (κ1) is 23.2. The van der Waals surface area contributed by atoms with Crippen LogP contribution in [0.4, 0.5) is 0 Å². The SMILES string of the molecule is CC[Si](CC)(CC)O[C@@H](Cc1ccc(OC)cc1)C(=O)Cc1ccc(OC)cc1. The molecule has 0 fully saturated rings. The van der Waals surface area contributed by atoms with Crippen molar-refractivity contribution in [3.8, 4) is 11.5 Å². The Labute approximate surface area is 176 Å². The molecule has 29 heavy (non-hydrogen) atoms. The molecule has 0 aliphatic heterocycles. The van der Waals surface area contributed by atoms with Crippen LogP contribution in [0.25, 0.3) is 0 Å². The van der Waals surface area contributed by atoms with Gasteiger partial charge in [-0.3, -0.25) is 4.79 Å². The fourth-order valence-electron chi connectivity index (χ4n) is 3.56. The van der Waals surface area contributed by atoms with Gasteiger partial charge in [0.05, 0.1) is 14.2 Å². The number of methoxy groups -OCH3 is 2. The fourth-order valence-corrected chi connectivity index (χ4v) is 6.38. The number of ether oxygens (including phenoxy) is 2. The van der Waals surface area contributed by atoms with Gasteiger partial charge in [0.2, 0.25) is 0 Å². The third kappa shape index (κ3) is 6.44. The zero-order chi connectivity index (χ0) is 21.3. The molecular formula is C24H34O4Si. The maximum Gasteiger partial charge on any atom is 0.193 e. The summed E-state index contributed by atoms with van der Waals surface area (Å²) in [5, 5.41) is 0. The Balaban J connectivity index is 2.22. The molecule has 2 aromatic rings. The van der Waals surface area contributed by atoms with E-state index < -0.39 is 14.4 Å². The Morgan fingerprint density at radius 3 is 1.66 bits per heavy atom. The lowest BCUT2D eigenvalue weighted by Crippen LogP contribution is -2.44. The number of carbonyl (C=O) groups excluding carboxylic acids is 1. The quantitative estimate of drug-likeness (QED) is 0.433. The lowest BCUT2D eigenvalue weighted by Gasteiger charge is -2.33. The molecule has 4 nitrogen and oxygen atoms in total. The van der Waals surface area contributed by atoms with E-state index in [1.165, 1.54) is 0 Å². The van der Waals surface area contributed by atoms with Gasteiger partial charge in [0, 0.05) is 12.8 Å².